The first-order valence-electron chi connectivity index (χ1n) is 10.3. The summed E-state index contributed by atoms with van der Waals surface area (Å²) in [4.78, 5) is 28.4. The predicted octanol–water partition coefficient (Wildman–Crippen LogP) is 3.55. The average Bonchev–Trinajstić information content (AvgIpc) is 2.78. The third-order valence-corrected chi connectivity index (χ3v) is 5.92. The van der Waals surface area contributed by atoms with Crippen molar-refractivity contribution in [2.75, 3.05) is 33.3 Å². The summed E-state index contributed by atoms with van der Waals surface area (Å²) in [7, 11) is 1.29. The van der Waals surface area contributed by atoms with Gasteiger partial charge in [0.25, 0.3) is 0 Å². The van der Waals surface area contributed by atoms with E-state index in [0.29, 0.717) is 45.4 Å². The van der Waals surface area contributed by atoms with Gasteiger partial charge >= 0.3 is 12.2 Å². The molecule has 0 saturated carbocycles. The van der Waals surface area contributed by atoms with Crippen LogP contribution in [0.15, 0.2) is 24.3 Å². The molecule has 2 unspecified atom stereocenters. The van der Waals surface area contributed by atoms with E-state index in [2.05, 4.69) is 42.0 Å². The van der Waals surface area contributed by atoms with Gasteiger partial charge in [-0.3, -0.25) is 0 Å². The Labute approximate surface area is 172 Å². The third kappa shape index (κ3) is 5.20. The van der Waals surface area contributed by atoms with E-state index in [1.807, 2.05) is 4.90 Å². The molecule has 3 rings (SSSR count). The molecule has 2 heterocycles. The average molecular weight is 399 g/mol. The fourth-order valence-electron chi connectivity index (χ4n) is 4.15. The highest BCUT2D eigenvalue weighted by molar-refractivity contribution is 5.75. The summed E-state index contributed by atoms with van der Waals surface area (Å²) >= 11 is 0. The molecule has 2 saturated heterocycles. The number of aryl methyl sites for hydroxylation is 1. The maximum atomic E-state index is 13.1. The quantitative estimate of drug-likeness (QED) is 0.726. The monoisotopic (exact) mass is 399 g/mol. The van der Waals surface area contributed by atoms with Crippen molar-refractivity contribution in [1.29, 1.82) is 5.26 Å². The zero-order chi connectivity index (χ0) is 20.8. The maximum Gasteiger partial charge on any atom is 0.508 e. The Kier molecular flexibility index (Phi) is 6.97. The molecule has 2 fully saturated rings. The van der Waals surface area contributed by atoms with Crippen LogP contribution < -0.4 is 0 Å². The second-order valence-electron chi connectivity index (χ2n) is 7.80. The van der Waals surface area contributed by atoms with Crippen LogP contribution in [0.5, 0.6) is 0 Å². The number of hydrogen-bond acceptors (Lipinski definition) is 5. The number of carbonyl (C=O) groups excluding carboxylic acids is 2. The van der Waals surface area contributed by atoms with Crippen LogP contribution in [0.1, 0.15) is 43.2 Å². The first-order chi connectivity index (χ1) is 14.0. The number of urea groups is 1. The molecule has 0 spiro atoms. The van der Waals surface area contributed by atoms with E-state index in [1.165, 1.54) is 12.7 Å². The number of piperidine rings is 2. The van der Waals surface area contributed by atoms with Gasteiger partial charge in [-0.05, 0) is 36.8 Å². The number of benzene rings is 1. The van der Waals surface area contributed by atoms with Gasteiger partial charge in [0.2, 0.25) is 0 Å². The lowest BCUT2D eigenvalue weighted by molar-refractivity contribution is 0.00217. The van der Waals surface area contributed by atoms with Crippen molar-refractivity contribution in [1.82, 2.24) is 9.80 Å². The Morgan fingerprint density at radius 2 is 1.83 bits per heavy atom. The van der Waals surface area contributed by atoms with E-state index in [0.717, 1.165) is 12.0 Å². The summed E-state index contributed by atoms with van der Waals surface area (Å²) in [5.74, 6) is 0.116. The lowest BCUT2D eigenvalue weighted by Crippen LogP contribution is -2.53. The Morgan fingerprint density at radius 3 is 2.41 bits per heavy atom. The highest BCUT2D eigenvalue weighted by Gasteiger charge is 2.35. The van der Waals surface area contributed by atoms with Gasteiger partial charge in [-0.1, -0.05) is 31.2 Å². The zero-order valence-corrected chi connectivity index (χ0v) is 17.2. The molecule has 0 aromatic heterocycles. The summed E-state index contributed by atoms with van der Waals surface area (Å²) < 4.78 is 10.1. The number of ether oxygens (including phenoxy) is 2. The number of amides is 2. The zero-order valence-electron chi connectivity index (χ0n) is 17.2. The Bertz CT molecular complexity index is 750. The van der Waals surface area contributed by atoms with Gasteiger partial charge in [-0.15, -0.1) is 0 Å². The largest absolute Gasteiger partial charge is 0.508 e. The molecule has 7 heteroatoms. The van der Waals surface area contributed by atoms with Crippen LogP contribution in [0.3, 0.4) is 0 Å². The number of hydrogen-bond donors (Lipinski definition) is 0. The van der Waals surface area contributed by atoms with Gasteiger partial charge in [0.05, 0.1) is 19.7 Å². The first kappa shape index (κ1) is 21.0. The van der Waals surface area contributed by atoms with Crippen LogP contribution in [0.4, 0.5) is 9.59 Å². The number of nitriles is 1. The van der Waals surface area contributed by atoms with Gasteiger partial charge in [0, 0.05) is 31.5 Å². The number of methoxy groups -OCH3 is 1. The van der Waals surface area contributed by atoms with E-state index in [1.54, 1.807) is 4.90 Å². The lowest BCUT2D eigenvalue weighted by Gasteiger charge is -2.41. The molecule has 0 bridgehead atoms. The van der Waals surface area contributed by atoms with Crippen LogP contribution in [0.2, 0.25) is 0 Å². The van der Waals surface area contributed by atoms with Crippen molar-refractivity contribution >= 4 is 12.2 Å². The van der Waals surface area contributed by atoms with Gasteiger partial charge in [0.15, 0.2) is 0 Å². The highest BCUT2D eigenvalue weighted by atomic mass is 16.7. The van der Waals surface area contributed by atoms with E-state index >= 15 is 0 Å². The van der Waals surface area contributed by atoms with Gasteiger partial charge in [-0.2, -0.15) is 5.26 Å². The molecule has 1 aromatic carbocycles. The van der Waals surface area contributed by atoms with Crippen molar-refractivity contribution in [3.63, 3.8) is 0 Å². The van der Waals surface area contributed by atoms with Crippen LogP contribution in [0, 0.1) is 17.2 Å². The highest BCUT2D eigenvalue weighted by Crippen LogP contribution is 2.30. The first-order valence-corrected chi connectivity index (χ1v) is 10.3. The van der Waals surface area contributed by atoms with Crippen LogP contribution in [-0.4, -0.2) is 61.4 Å². The second-order valence-corrected chi connectivity index (χ2v) is 7.80. The number of rotatable bonds is 3. The van der Waals surface area contributed by atoms with Gasteiger partial charge in [-0.25, -0.2) is 9.59 Å². The minimum atomic E-state index is -0.723. The van der Waals surface area contributed by atoms with E-state index < -0.39 is 12.3 Å². The Morgan fingerprint density at radius 1 is 1.14 bits per heavy atom. The summed E-state index contributed by atoms with van der Waals surface area (Å²) in [5.41, 5.74) is 2.40. The van der Waals surface area contributed by atoms with Crippen molar-refractivity contribution < 1.29 is 19.1 Å². The van der Waals surface area contributed by atoms with Crippen LogP contribution in [0.25, 0.3) is 0 Å². The number of likely N-dealkylation sites (tertiary alicyclic amines) is 2. The SMILES string of the molecule is CCc1ccc(C2CC(OC(=O)OC)CN(C(=O)N3CCC(C#N)CC3)C2)cc1. The molecule has 0 aliphatic carbocycles. The fourth-order valence-corrected chi connectivity index (χ4v) is 4.15. The summed E-state index contributed by atoms with van der Waals surface area (Å²) in [5, 5.41) is 9.08. The molecule has 1 aromatic rings. The fraction of sp³-hybridized carbons (Fsp3) is 0.591. The molecule has 0 N–H and O–H groups in total. The minimum absolute atomic E-state index is 0.0284. The Hall–Kier alpha value is -2.75. The van der Waals surface area contributed by atoms with Crippen LogP contribution in [-0.2, 0) is 15.9 Å². The molecule has 2 aliphatic heterocycles. The smallest absolute Gasteiger partial charge is 0.438 e. The van der Waals surface area contributed by atoms with Crippen molar-refractivity contribution in [2.45, 2.75) is 44.6 Å². The molecule has 29 heavy (non-hydrogen) atoms. The van der Waals surface area contributed by atoms with Gasteiger partial charge < -0.3 is 19.3 Å². The standard InChI is InChI=1S/C22H29N3O4/c1-3-16-4-6-18(7-5-16)19-12-20(29-22(27)28-2)15-25(14-19)21(26)24-10-8-17(13-23)9-11-24/h4-7,17,19-20H,3,8-12,14-15H2,1-2H3. The number of nitrogens with zero attached hydrogens (tertiary/aromatic N) is 3. The predicted molar refractivity (Wildman–Crippen MR) is 107 cm³/mol. The molecule has 2 amide bonds. The maximum absolute atomic E-state index is 13.1. The molecular formula is C22H29N3O4. The Balaban J connectivity index is 1.73. The van der Waals surface area contributed by atoms with Crippen molar-refractivity contribution in [3.8, 4) is 6.07 Å². The van der Waals surface area contributed by atoms with Crippen molar-refractivity contribution in [3.05, 3.63) is 35.4 Å². The number of carbonyl (C=O) groups is 2. The van der Waals surface area contributed by atoms with E-state index in [4.69, 9.17) is 10.00 Å². The normalized spacial score (nSPS) is 22.7. The summed E-state index contributed by atoms with van der Waals surface area (Å²) in [6.45, 7) is 4.24. The molecule has 2 atom stereocenters. The second kappa shape index (κ2) is 9.64. The lowest BCUT2D eigenvalue weighted by atomic mass is 9.88. The summed E-state index contributed by atoms with van der Waals surface area (Å²) in [6, 6.07) is 10.7. The molecule has 7 nitrogen and oxygen atoms in total. The topological polar surface area (TPSA) is 82.9 Å². The molecule has 0 radical (unpaired) electrons. The van der Waals surface area contributed by atoms with E-state index in [9.17, 15) is 9.59 Å². The minimum Gasteiger partial charge on any atom is -0.438 e. The van der Waals surface area contributed by atoms with Gasteiger partial charge in [0.1, 0.15) is 6.10 Å². The molecule has 2 aliphatic rings. The van der Waals surface area contributed by atoms with Crippen LogP contribution >= 0.6 is 0 Å². The van der Waals surface area contributed by atoms with E-state index in [-0.39, 0.29) is 17.9 Å². The van der Waals surface area contributed by atoms with Crippen molar-refractivity contribution in [2.24, 2.45) is 5.92 Å². The third-order valence-electron chi connectivity index (χ3n) is 5.92. The summed E-state index contributed by atoms with van der Waals surface area (Å²) in [6.07, 6.45) is 1.91. The molecule has 156 valence electrons. The molecular weight excluding hydrogens is 370 g/mol.